The Bertz CT molecular complexity index is 271. The quantitative estimate of drug-likeness (QED) is 0.694. The van der Waals surface area contributed by atoms with Gasteiger partial charge >= 0.3 is 5.69 Å². The first-order chi connectivity index (χ1) is 5.86. The van der Waals surface area contributed by atoms with E-state index in [9.17, 15) is 0 Å². The highest BCUT2D eigenvalue weighted by molar-refractivity contribution is 5.53. The molecule has 12 heavy (non-hydrogen) atoms. The molecular formula is C9H12N3+. The molecule has 0 aliphatic rings. The van der Waals surface area contributed by atoms with Crippen LogP contribution in [0.5, 0.6) is 0 Å². The van der Waals surface area contributed by atoms with Crippen molar-refractivity contribution in [2.75, 3.05) is 11.9 Å². The van der Waals surface area contributed by atoms with Crippen LogP contribution in [0.4, 0.5) is 11.4 Å². The molecule has 0 heterocycles. The Hall–Kier alpha value is -1.56. The molecule has 0 aromatic heterocycles. The van der Waals surface area contributed by atoms with Crippen LogP contribution < -0.4 is 5.32 Å². The van der Waals surface area contributed by atoms with Crippen molar-refractivity contribution in [3.63, 3.8) is 0 Å². The molecule has 0 aliphatic carbocycles. The average molecular weight is 162 g/mol. The number of diazo groups is 1. The van der Waals surface area contributed by atoms with Crippen molar-refractivity contribution in [1.82, 2.24) is 0 Å². The van der Waals surface area contributed by atoms with Crippen LogP contribution in [0.15, 0.2) is 24.3 Å². The maximum Gasteiger partial charge on any atom is 0.385 e. The number of hydrogen-bond acceptors (Lipinski definition) is 2. The van der Waals surface area contributed by atoms with Crippen molar-refractivity contribution in [1.29, 1.82) is 5.39 Å². The maximum absolute atomic E-state index is 8.41. The Kier molecular flexibility index (Phi) is 3.09. The van der Waals surface area contributed by atoms with E-state index in [2.05, 4.69) is 17.2 Å². The summed E-state index contributed by atoms with van der Waals surface area (Å²) in [7, 11) is 0. The molecular weight excluding hydrogens is 150 g/mol. The molecule has 62 valence electrons. The number of benzene rings is 1. The van der Waals surface area contributed by atoms with Gasteiger partial charge in [-0.3, -0.25) is 0 Å². The van der Waals surface area contributed by atoms with E-state index in [1.165, 1.54) is 0 Å². The third kappa shape index (κ3) is 2.24. The van der Waals surface area contributed by atoms with Crippen LogP contribution in [0.25, 0.3) is 4.98 Å². The molecule has 1 aromatic carbocycles. The van der Waals surface area contributed by atoms with E-state index in [-0.39, 0.29) is 0 Å². The number of nitrogens with one attached hydrogen (secondary N) is 1. The predicted octanol–water partition coefficient (Wildman–Crippen LogP) is 2.99. The lowest BCUT2D eigenvalue weighted by atomic mass is 10.3. The number of nitrogens with zero attached hydrogens (tertiary/aromatic N) is 2. The van der Waals surface area contributed by atoms with Crippen molar-refractivity contribution < 1.29 is 0 Å². The number of rotatable bonds is 3. The molecule has 0 saturated carbocycles. The Morgan fingerprint density at radius 2 is 2.00 bits per heavy atom. The fourth-order valence-corrected chi connectivity index (χ4v) is 0.915. The van der Waals surface area contributed by atoms with Gasteiger partial charge in [0.2, 0.25) is 5.39 Å². The Morgan fingerprint density at radius 3 is 2.50 bits per heavy atom. The summed E-state index contributed by atoms with van der Waals surface area (Å²) in [4.78, 5) is 3.06. The van der Waals surface area contributed by atoms with E-state index < -0.39 is 0 Å². The first kappa shape index (κ1) is 8.54. The van der Waals surface area contributed by atoms with E-state index >= 15 is 0 Å². The predicted molar refractivity (Wildman–Crippen MR) is 50.0 cm³/mol. The molecule has 0 aliphatic heterocycles. The minimum atomic E-state index is 0.581. The first-order valence-corrected chi connectivity index (χ1v) is 4.06. The topological polar surface area (TPSA) is 40.2 Å². The zero-order valence-electron chi connectivity index (χ0n) is 7.12. The molecule has 0 fully saturated rings. The Balaban J connectivity index is 2.60. The Morgan fingerprint density at radius 1 is 1.33 bits per heavy atom. The third-order valence-corrected chi connectivity index (χ3v) is 1.56. The summed E-state index contributed by atoms with van der Waals surface area (Å²) >= 11 is 0. The molecule has 3 nitrogen and oxygen atoms in total. The van der Waals surface area contributed by atoms with Gasteiger partial charge in [0, 0.05) is 24.4 Å². The van der Waals surface area contributed by atoms with E-state index in [0.29, 0.717) is 5.69 Å². The van der Waals surface area contributed by atoms with Gasteiger partial charge in [0.15, 0.2) is 4.98 Å². The summed E-state index contributed by atoms with van der Waals surface area (Å²) in [6.07, 6.45) is 1.10. The summed E-state index contributed by atoms with van der Waals surface area (Å²) in [5.74, 6) is 0. The Labute approximate surface area is 72.0 Å². The van der Waals surface area contributed by atoms with Crippen LogP contribution in [-0.4, -0.2) is 6.54 Å². The van der Waals surface area contributed by atoms with Gasteiger partial charge in [0.05, 0.1) is 0 Å². The molecule has 0 spiro atoms. The SMILES string of the molecule is CCCNc1ccc([N+]#N)cc1. The van der Waals surface area contributed by atoms with Gasteiger partial charge in [-0.25, -0.2) is 0 Å². The van der Waals surface area contributed by atoms with Gasteiger partial charge in [-0.2, -0.15) is 0 Å². The standard InChI is InChI=1S/C9H12N3/c1-2-7-11-8-3-5-9(12-10)6-4-8/h3-6,11H,2,7H2,1H3/q+1. The summed E-state index contributed by atoms with van der Waals surface area (Å²) in [5, 5.41) is 11.6. The maximum atomic E-state index is 8.41. The van der Waals surface area contributed by atoms with Crippen molar-refractivity contribution in [2.24, 2.45) is 0 Å². The van der Waals surface area contributed by atoms with Crippen molar-refractivity contribution in [3.05, 3.63) is 29.2 Å². The largest absolute Gasteiger partial charge is 0.385 e. The third-order valence-electron chi connectivity index (χ3n) is 1.56. The van der Waals surface area contributed by atoms with Crippen LogP contribution in [0.1, 0.15) is 13.3 Å². The van der Waals surface area contributed by atoms with E-state index in [1.54, 1.807) is 12.1 Å². The fraction of sp³-hybridized carbons (Fsp3) is 0.333. The second-order valence-electron chi connectivity index (χ2n) is 2.57. The van der Waals surface area contributed by atoms with E-state index in [0.717, 1.165) is 18.7 Å². The molecule has 0 saturated heterocycles. The molecule has 1 rings (SSSR count). The molecule has 0 unspecified atom stereocenters. The molecule has 0 bridgehead atoms. The summed E-state index contributed by atoms with van der Waals surface area (Å²) in [6, 6.07) is 7.31. The lowest BCUT2D eigenvalue weighted by Crippen LogP contribution is -1.98. The molecule has 3 heteroatoms. The summed E-state index contributed by atoms with van der Waals surface area (Å²) in [5.41, 5.74) is 1.64. The lowest BCUT2D eigenvalue weighted by Gasteiger charge is -2.01. The van der Waals surface area contributed by atoms with Gasteiger partial charge in [0.25, 0.3) is 0 Å². The monoisotopic (exact) mass is 162 g/mol. The zero-order valence-corrected chi connectivity index (χ0v) is 7.12. The lowest BCUT2D eigenvalue weighted by molar-refractivity contribution is 0.980. The first-order valence-electron chi connectivity index (χ1n) is 4.06. The van der Waals surface area contributed by atoms with Crippen LogP contribution in [0.3, 0.4) is 0 Å². The highest BCUT2D eigenvalue weighted by atomic mass is 14.9. The normalized spacial score (nSPS) is 9.00. The van der Waals surface area contributed by atoms with Gasteiger partial charge in [-0.05, 0) is 18.6 Å². The molecule has 1 N–H and O–H groups in total. The fourth-order valence-electron chi connectivity index (χ4n) is 0.915. The second kappa shape index (κ2) is 4.35. The van der Waals surface area contributed by atoms with Gasteiger partial charge in [-0.1, -0.05) is 6.92 Å². The van der Waals surface area contributed by atoms with Crippen LogP contribution >= 0.6 is 0 Å². The molecule has 0 radical (unpaired) electrons. The van der Waals surface area contributed by atoms with Crippen molar-refractivity contribution in [2.45, 2.75) is 13.3 Å². The smallest absolute Gasteiger partial charge is 0.385 e. The average Bonchev–Trinajstić information content (AvgIpc) is 2.15. The van der Waals surface area contributed by atoms with Crippen LogP contribution in [0, 0.1) is 5.39 Å². The van der Waals surface area contributed by atoms with Gasteiger partial charge in [-0.15, -0.1) is 0 Å². The molecule has 0 atom stereocenters. The van der Waals surface area contributed by atoms with Crippen molar-refractivity contribution >= 4 is 11.4 Å². The van der Waals surface area contributed by atoms with Gasteiger partial charge in [0.1, 0.15) is 0 Å². The zero-order chi connectivity index (χ0) is 8.81. The van der Waals surface area contributed by atoms with E-state index in [4.69, 9.17) is 5.39 Å². The van der Waals surface area contributed by atoms with Gasteiger partial charge < -0.3 is 5.32 Å². The minimum absolute atomic E-state index is 0.581. The molecule has 0 amide bonds. The minimum Gasteiger partial charge on any atom is -0.385 e. The second-order valence-corrected chi connectivity index (χ2v) is 2.57. The van der Waals surface area contributed by atoms with E-state index in [1.807, 2.05) is 12.1 Å². The summed E-state index contributed by atoms with van der Waals surface area (Å²) < 4.78 is 0. The highest BCUT2D eigenvalue weighted by Crippen LogP contribution is 2.15. The van der Waals surface area contributed by atoms with Crippen LogP contribution in [0.2, 0.25) is 0 Å². The molecule has 1 aromatic rings. The number of hydrogen-bond donors (Lipinski definition) is 1. The highest BCUT2D eigenvalue weighted by Gasteiger charge is 2.01. The summed E-state index contributed by atoms with van der Waals surface area (Å²) in [6.45, 7) is 3.08. The van der Waals surface area contributed by atoms with Crippen molar-refractivity contribution in [3.8, 4) is 0 Å². The number of anilines is 1. The van der Waals surface area contributed by atoms with Crippen LogP contribution in [-0.2, 0) is 0 Å².